The van der Waals surface area contributed by atoms with Crippen molar-refractivity contribution < 1.29 is 15.0 Å². The van der Waals surface area contributed by atoms with Crippen molar-refractivity contribution in [2.75, 3.05) is 0 Å². The normalized spacial score (nSPS) is 17.4. The molecule has 1 aliphatic carbocycles. The van der Waals surface area contributed by atoms with Gasteiger partial charge in [-0.25, -0.2) is 0 Å². The standard InChI is InChI=1S/C36H54N2O2.C6H5NO.In.3H/c1-33(2,3)25-17-23(31(39)27(19-25)35(7,8)9)21-37-29-15-13-14-16-30(29)38-22-24-18-26(34(4,5)6)20-28(32(24)40)36(10,11)12;8-5-6-3-1-2-4-7-6;;;;/h17-22,29-30,39-40H,13-16H2,1-12H3;1-5H;;;;/t29-,30-;;;;;/m1...../s1. The average Bonchev–Trinajstić information content (AvgIpc) is 2.99. The first kappa shape index (κ1) is 42.2. The van der Waals surface area contributed by atoms with Gasteiger partial charge in [-0.1, -0.05) is 114 Å². The number of aliphatic imine (C=N–C) groups is 2. The van der Waals surface area contributed by atoms with Gasteiger partial charge >= 0.3 is 25.8 Å². The van der Waals surface area contributed by atoms with Gasteiger partial charge in [-0.15, -0.1) is 0 Å². The van der Waals surface area contributed by atoms with Crippen molar-refractivity contribution in [2.24, 2.45) is 9.98 Å². The van der Waals surface area contributed by atoms with E-state index in [0.717, 1.165) is 54.2 Å². The van der Waals surface area contributed by atoms with E-state index in [1.807, 2.05) is 12.4 Å². The van der Waals surface area contributed by atoms with E-state index in [1.165, 1.54) is 11.1 Å². The van der Waals surface area contributed by atoms with Crippen molar-refractivity contribution in [3.05, 3.63) is 87.7 Å². The minimum atomic E-state index is -0.179. The predicted molar refractivity (Wildman–Crippen MR) is 212 cm³/mol. The van der Waals surface area contributed by atoms with E-state index in [-0.39, 0.29) is 59.6 Å². The Morgan fingerprint density at radius 1 is 0.653 bits per heavy atom. The minimum absolute atomic E-state index is 0. The molecule has 0 amide bonds. The van der Waals surface area contributed by atoms with Gasteiger partial charge < -0.3 is 10.2 Å². The van der Waals surface area contributed by atoms with Crippen LogP contribution in [0.3, 0.4) is 0 Å². The molecule has 3 aromatic rings. The van der Waals surface area contributed by atoms with Crippen LogP contribution in [0.5, 0.6) is 11.5 Å². The molecular formula is C42H62InN3O3. The molecule has 1 saturated carbocycles. The molecule has 1 aliphatic rings. The molecule has 6 nitrogen and oxygen atoms in total. The summed E-state index contributed by atoms with van der Waals surface area (Å²) in [5, 5.41) is 22.5. The number of rotatable bonds is 5. The first-order valence-electron chi connectivity index (χ1n) is 17.3. The van der Waals surface area contributed by atoms with Gasteiger partial charge in [0.25, 0.3) is 0 Å². The third-order valence-corrected chi connectivity index (χ3v) is 8.94. The van der Waals surface area contributed by atoms with Crippen LogP contribution < -0.4 is 0 Å². The molecule has 0 spiro atoms. The van der Waals surface area contributed by atoms with Gasteiger partial charge in [0, 0.05) is 40.9 Å². The van der Waals surface area contributed by atoms with Gasteiger partial charge in [-0.3, -0.25) is 19.8 Å². The van der Waals surface area contributed by atoms with E-state index in [0.29, 0.717) is 17.2 Å². The third kappa shape index (κ3) is 11.8. The molecular weight excluding hydrogens is 709 g/mol. The van der Waals surface area contributed by atoms with Crippen molar-refractivity contribution in [2.45, 2.75) is 143 Å². The van der Waals surface area contributed by atoms with E-state index in [4.69, 9.17) is 9.98 Å². The second-order valence-electron chi connectivity index (χ2n) is 17.3. The fourth-order valence-electron chi connectivity index (χ4n) is 5.76. The topological polar surface area (TPSA) is 95.1 Å². The van der Waals surface area contributed by atoms with Crippen LogP contribution in [0.25, 0.3) is 0 Å². The van der Waals surface area contributed by atoms with Gasteiger partial charge in [0.2, 0.25) is 0 Å². The number of carbonyl (C=O) groups excluding carboxylic acids is 1. The fraction of sp³-hybridized carbons (Fsp3) is 0.524. The zero-order valence-electron chi connectivity index (χ0n) is 31.5. The summed E-state index contributed by atoms with van der Waals surface area (Å²) in [5.41, 5.74) is 5.87. The number of carbonyl (C=O) groups is 1. The molecule has 2 N–H and O–H groups in total. The molecule has 49 heavy (non-hydrogen) atoms. The summed E-state index contributed by atoms with van der Waals surface area (Å²) in [6.45, 7) is 26.0. The van der Waals surface area contributed by atoms with E-state index in [1.54, 1.807) is 24.4 Å². The molecule has 2 aromatic carbocycles. The van der Waals surface area contributed by atoms with Crippen molar-refractivity contribution >= 4 is 44.6 Å². The van der Waals surface area contributed by atoms with Gasteiger partial charge in [0.15, 0.2) is 6.29 Å². The van der Waals surface area contributed by atoms with Crippen LogP contribution in [-0.2, 0) is 21.7 Å². The Morgan fingerprint density at radius 3 is 1.35 bits per heavy atom. The van der Waals surface area contributed by atoms with Crippen LogP contribution >= 0.6 is 0 Å². The number of hydrogen-bond acceptors (Lipinski definition) is 6. The zero-order valence-corrected chi connectivity index (χ0v) is 31.5. The van der Waals surface area contributed by atoms with Gasteiger partial charge in [0.05, 0.1) is 12.1 Å². The molecule has 0 saturated heterocycles. The van der Waals surface area contributed by atoms with E-state index in [2.05, 4.69) is 112 Å². The molecule has 0 radical (unpaired) electrons. The molecule has 1 fully saturated rings. The van der Waals surface area contributed by atoms with Gasteiger partial charge in [-0.05, 0) is 69.9 Å². The Labute approximate surface area is 314 Å². The molecule has 2 atom stereocenters. The van der Waals surface area contributed by atoms with Crippen LogP contribution in [-0.4, -0.2) is 71.8 Å². The number of aromatic nitrogens is 1. The van der Waals surface area contributed by atoms with Crippen molar-refractivity contribution in [3.8, 4) is 11.5 Å². The summed E-state index contributed by atoms with van der Waals surface area (Å²) >= 11 is 0. The van der Waals surface area contributed by atoms with Crippen LogP contribution in [0.2, 0.25) is 0 Å². The van der Waals surface area contributed by atoms with Crippen LogP contribution in [0.1, 0.15) is 153 Å². The maximum atomic E-state index is 11.2. The molecule has 4 rings (SSSR count). The van der Waals surface area contributed by atoms with Gasteiger partial charge in [-0.2, -0.15) is 0 Å². The summed E-state index contributed by atoms with van der Waals surface area (Å²) in [7, 11) is 0. The van der Waals surface area contributed by atoms with E-state index in [9.17, 15) is 15.0 Å². The molecule has 0 unspecified atom stereocenters. The van der Waals surface area contributed by atoms with Crippen LogP contribution in [0, 0.1) is 0 Å². The van der Waals surface area contributed by atoms with Crippen molar-refractivity contribution in [1.29, 1.82) is 0 Å². The summed E-state index contributed by atoms with van der Waals surface area (Å²) < 4.78 is 0. The van der Waals surface area contributed by atoms with E-state index >= 15 is 0 Å². The first-order chi connectivity index (χ1) is 22.1. The number of nitrogens with zero attached hydrogens (tertiary/aromatic N) is 3. The summed E-state index contributed by atoms with van der Waals surface area (Å²) in [6.07, 6.45) is 10.2. The monoisotopic (exact) mass is 771 g/mol. The average molecular weight is 772 g/mol. The summed E-state index contributed by atoms with van der Waals surface area (Å²) in [5.74, 6) is 0.637. The SMILES string of the molecule is CC(C)(C)c1cc(C=N[C@@H]2CCCC[C@H]2N=Cc2cc(C(C)(C)C)cc(C(C)(C)C)c2O)c(O)c(C(C)(C)C)c1.O=Cc1ccccn1.[InH3]. The molecule has 0 bridgehead atoms. The van der Waals surface area contributed by atoms with Crippen molar-refractivity contribution in [3.63, 3.8) is 0 Å². The van der Waals surface area contributed by atoms with Crippen LogP contribution in [0.4, 0.5) is 0 Å². The quantitative estimate of drug-likeness (QED) is 0.200. The number of phenols is 2. The van der Waals surface area contributed by atoms with E-state index < -0.39 is 0 Å². The third-order valence-electron chi connectivity index (χ3n) is 8.94. The maximum absolute atomic E-state index is 11.2. The first-order valence-corrected chi connectivity index (χ1v) is 17.3. The Bertz CT molecular complexity index is 1500. The molecule has 7 heteroatoms. The van der Waals surface area contributed by atoms with Gasteiger partial charge in [0.1, 0.15) is 17.2 Å². The molecule has 1 aromatic heterocycles. The number of phenolic OH excluding ortho intramolecular Hbond substituents is 2. The summed E-state index contributed by atoms with van der Waals surface area (Å²) in [4.78, 5) is 23.7. The Hall–Kier alpha value is -2.93. The summed E-state index contributed by atoms with van der Waals surface area (Å²) in [6, 6.07) is 13.7. The Morgan fingerprint density at radius 2 is 1.06 bits per heavy atom. The Balaban J connectivity index is 0.000000810. The molecule has 1 heterocycles. The second-order valence-corrected chi connectivity index (χ2v) is 17.3. The number of pyridine rings is 1. The predicted octanol–water partition coefficient (Wildman–Crippen LogP) is 8.85. The number of aromatic hydroxyl groups is 2. The number of hydrogen-bond donors (Lipinski definition) is 2. The van der Waals surface area contributed by atoms with Crippen molar-refractivity contribution in [1.82, 2.24) is 4.98 Å². The second kappa shape index (κ2) is 16.9. The van der Waals surface area contributed by atoms with Crippen LogP contribution in [0.15, 0.2) is 58.6 Å². The fourth-order valence-corrected chi connectivity index (χ4v) is 5.76. The molecule has 0 aliphatic heterocycles. The number of aldehydes is 1. The zero-order chi connectivity index (χ0) is 36.1. The molecule has 266 valence electrons. The Kier molecular flexibility index (Phi) is 14.5. The number of benzene rings is 2.